The molecule has 2 aromatic rings. The molecular weight excluding hydrogens is 286 g/mol. The van der Waals surface area contributed by atoms with Gasteiger partial charge >= 0.3 is 11.8 Å². The van der Waals surface area contributed by atoms with Crippen LogP contribution in [-0.2, 0) is 11.3 Å². The highest BCUT2D eigenvalue weighted by Crippen LogP contribution is 2.21. The number of hydrogen-bond donors (Lipinski definition) is 0. The highest BCUT2D eigenvalue weighted by atomic mass is 35.5. The van der Waals surface area contributed by atoms with Crippen LogP contribution < -0.4 is 0 Å². The molecule has 0 saturated carbocycles. The van der Waals surface area contributed by atoms with E-state index in [2.05, 4.69) is 9.84 Å². The van der Waals surface area contributed by atoms with Gasteiger partial charge in [-0.05, 0) is 22.6 Å². The summed E-state index contributed by atoms with van der Waals surface area (Å²) in [4.78, 5) is 21.3. The predicted molar refractivity (Wildman–Crippen MR) is 70.8 cm³/mol. The molecule has 0 radical (unpaired) electrons. The Morgan fingerprint density at radius 3 is 2.60 bits per heavy atom. The lowest BCUT2D eigenvalue weighted by Crippen LogP contribution is -2.03. The minimum Gasteiger partial charge on any atom is -0.465 e. The molecule has 104 valence electrons. The smallest absolute Gasteiger partial charge is 0.408 e. The second-order valence-corrected chi connectivity index (χ2v) is 4.35. The van der Waals surface area contributed by atoms with E-state index in [0.717, 1.165) is 5.56 Å². The van der Waals surface area contributed by atoms with Crippen LogP contribution in [0, 0.1) is 10.1 Å². The normalized spacial score (nSPS) is 10.3. The fraction of sp³-hybridized carbons (Fsp3) is 0.167. The zero-order chi connectivity index (χ0) is 14.7. The molecule has 1 heterocycles. The second kappa shape index (κ2) is 5.70. The van der Waals surface area contributed by atoms with E-state index in [-0.39, 0.29) is 10.8 Å². The molecule has 20 heavy (non-hydrogen) atoms. The molecule has 0 fully saturated rings. The number of carbonyl (C=O) groups is 1. The van der Waals surface area contributed by atoms with Crippen LogP contribution in [0.2, 0.25) is 5.02 Å². The maximum absolute atomic E-state index is 11.3. The van der Waals surface area contributed by atoms with Crippen molar-refractivity contribution in [3.05, 3.63) is 56.7 Å². The maximum Gasteiger partial charge on any atom is 0.408 e. The lowest BCUT2D eigenvalue weighted by molar-refractivity contribution is -0.389. The zero-order valence-electron chi connectivity index (χ0n) is 10.4. The van der Waals surface area contributed by atoms with Gasteiger partial charge in [0.2, 0.25) is 0 Å². The molecule has 0 aliphatic carbocycles. The van der Waals surface area contributed by atoms with Crippen LogP contribution in [0.1, 0.15) is 15.9 Å². The SMILES string of the molecule is COC(=O)c1ccc(Cn2cc(Cl)c([N+](=O)[O-])n2)cc1. The van der Waals surface area contributed by atoms with Crippen molar-refractivity contribution >= 4 is 23.4 Å². The highest BCUT2D eigenvalue weighted by molar-refractivity contribution is 6.32. The van der Waals surface area contributed by atoms with Gasteiger partial charge in [-0.1, -0.05) is 23.7 Å². The number of rotatable bonds is 4. The Morgan fingerprint density at radius 2 is 2.10 bits per heavy atom. The number of esters is 1. The monoisotopic (exact) mass is 295 g/mol. The summed E-state index contributed by atoms with van der Waals surface area (Å²) in [7, 11) is 1.31. The molecule has 1 aromatic heterocycles. The molecule has 0 saturated heterocycles. The van der Waals surface area contributed by atoms with E-state index in [1.54, 1.807) is 24.3 Å². The average Bonchev–Trinajstić information content (AvgIpc) is 2.79. The molecule has 0 spiro atoms. The van der Waals surface area contributed by atoms with Crippen molar-refractivity contribution in [1.29, 1.82) is 0 Å². The van der Waals surface area contributed by atoms with Gasteiger partial charge in [0, 0.05) is 0 Å². The Bertz CT molecular complexity index is 651. The van der Waals surface area contributed by atoms with E-state index >= 15 is 0 Å². The van der Waals surface area contributed by atoms with Crippen LogP contribution in [0.4, 0.5) is 5.82 Å². The summed E-state index contributed by atoms with van der Waals surface area (Å²) >= 11 is 5.71. The van der Waals surface area contributed by atoms with Crippen LogP contribution >= 0.6 is 11.6 Å². The summed E-state index contributed by atoms with van der Waals surface area (Å²) in [5.41, 5.74) is 1.26. The molecule has 8 heteroatoms. The summed E-state index contributed by atoms with van der Waals surface area (Å²) in [6.07, 6.45) is 1.38. The van der Waals surface area contributed by atoms with Crippen LogP contribution in [0.15, 0.2) is 30.5 Å². The Morgan fingerprint density at radius 1 is 1.45 bits per heavy atom. The molecule has 2 rings (SSSR count). The summed E-state index contributed by atoms with van der Waals surface area (Å²) < 4.78 is 5.96. The fourth-order valence-electron chi connectivity index (χ4n) is 1.64. The van der Waals surface area contributed by atoms with Crippen molar-refractivity contribution in [3.63, 3.8) is 0 Å². The van der Waals surface area contributed by atoms with Crippen molar-refractivity contribution in [2.24, 2.45) is 0 Å². The quantitative estimate of drug-likeness (QED) is 0.490. The van der Waals surface area contributed by atoms with Crippen LogP contribution in [-0.4, -0.2) is 27.8 Å². The number of aromatic nitrogens is 2. The van der Waals surface area contributed by atoms with Crippen molar-refractivity contribution in [1.82, 2.24) is 9.78 Å². The molecule has 0 unspecified atom stereocenters. The van der Waals surface area contributed by atoms with Gasteiger partial charge in [-0.2, -0.15) is 4.68 Å². The molecule has 0 atom stereocenters. The van der Waals surface area contributed by atoms with Crippen molar-refractivity contribution in [3.8, 4) is 0 Å². The third-order valence-electron chi connectivity index (χ3n) is 2.59. The third-order valence-corrected chi connectivity index (χ3v) is 2.86. The first-order chi connectivity index (χ1) is 9.51. The Labute approximate surface area is 118 Å². The van der Waals surface area contributed by atoms with Gasteiger partial charge < -0.3 is 14.9 Å². The van der Waals surface area contributed by atoms with Gasteiger partial charge in [-0.25, -0.2) is 4.79 Å². The fourth-order valence-corrected chi connectivity index (χ4v) is 1.86. The Kier molecular flexibility index (Phi) is 3.99. The van der Waals surface area contributed by atoms with E-state index in [1.807, 2.05) is 0 Å². The molecule has 0 N–H and O–H groups in total. The van der Waals surface area contributed by atoms with Gasteiger partial charge in [0.15, 0.2) is 5.02 Å². The van der Waals surface area contributed by atoms with E-state index < -0.39 is 10.9 Å². The summed E-state index contributed by atoms with van der Waals surface area (Å²) in [5, 5.41) is 14.4. The van der Waals surface area contributed by atoms with Gasteiger partial charge in [0.25, 0.3) is 0 Å². The number of halogens is 1. The minimum absolute atomic E-state index is 0.0128. The summed E-state index contributed by atoms with van der Waals surface area (Å²) in [6, 6.07) is 6.66. The number of nitrogens with zero attached hydrogens (tertiary/aromatic N) is 3. The number of benzene rings is 1. The van der Waals surface area contributed by atoms with Gasteiger partial charge in [0.1, 0.15) is 0 Å². The van der Waals surface area contributed by atoms with Gasteiger partial charge in [-0.15, -0.1) is 0 Å². The van der Waals surface area contributed by atoms with E-state index in [1.165, 1.54) is 18.0 Å². The number of ether oxygens (including phenoxy) is 1. The average molecular weight is 296 g/mol. The molecule has 1 aromatic carbocycles. The number of carbonyl (C=O) groups excluding carboxylic acids is 1. The molecular formula is C12H10ClN3O4. The maximum atomic E-state index is 11.3. The summed E-state index contributed by atoms with van der Waals surface area (Å²) in [5.74, 6) is -0.799. The highest BCUT2D eigenvalue weighted by Gasteiger charge is 2.19. The Hall–Kier alpha value is -2.41. The number of methoxy groups -OCH3 is 1. The topological polar surface area (TPSA) is 87.3 Å². The van der Waals surface area contributed by atoms with Gasteiger partial charge in [0.05, 0.1) is 30.5 Å². The number of nitro groups is 1. The standard InChI is InChI=1S/C12H10ClN3O4/c1-20-12(17)9-4-2-8(3-5-9)6-15-7-10(13)11(14-15)16(18)19/h2-5,7H,6H2,1H3. The predicted octanol–water partition coefficient (Wildman–Crippen LogP) is 2.28. The van der Waals surface area contributed by atoms with Crippen LogP contribution in [0.5, 0.6) is 0 Å². The lowest BCUT2D eigenvalue weighted by atomic mass is 10.1. The first-order valence-electron chi connectivity index (χ1n) is 5.56. The first-order valence-corrected chi connectivity index (χ1v) is 5.93. The van der Waals surface area contributed by atoms with Crippen LogP contribution in [0.25, 0.3) is 0 Å². The largest absolute Gasteiger partial charge is 0.465 e. The van der Waals surface area contributed by atoms with E-state index in [0.29, 0.717) is 12.1 Å². The second-order valence-electron chi connectivity index (χ2n) is 3.94. The summed E-state index contributed by atoms with van der Waals surface area (Å²) in [6.45, 7) is 0.314. The van der Waals surface area contributed by atoms with E-state index in [4.69, 9.17) is 11.6 Å². The number of hydrogen-bond acceptors (Lipinski definition) is 5. The molecule has 0 aliphatic rings. The molecule has 0 bridgehead atoms. The molecule has 0 aliphatic heterocycles. The molecule has 7 nitrogen and oxygen atoms in total. The Balaban J connectivity index is 2.16. The van der Waals surface area contributed by atoms with E-state index in [9.17, 15) is 14.9 Å². The van der Waals surface area contributed by atoms with Crippen LogP contribution in [0.3, 0.4) is 0 Å². The lowest BCUT2D eigenvalue weighted by Gasteiger charge is -2.01. The van der Waals surface area contributed by atoms with Crippen molar-refractivity contribution in [2.75, 3.05) is 7.11 Å². The molecule has 0 amide bonds. The first kappa shape index (κ1) is 14.0. The van der Waals surface area contributed by atoms with Crippen molar-refractivity contribution < 1.29 is 14.5 Å². The zero-order valence-corrected chi connectivity index (χ0v) is 11.2. The minimum atomic E-state index is -0.640. The van der Waals surface area contributed by atoms with Gasteiger partial charge in [-0.3, -0.25) is 0 Å². The van der Waals surface area contributed by atoms with Crippen molar-refractivity contribution in [2.45, 2.75) is 6.54 Å². The third kappa shape index (κ3) is 2.94.